The molecule has 0 N–H and O–H groups in total. The summed E-state index contributed by atoms with van der Waals surface area (Å²) < 4.78 is 4.30. The summed E-state index contributed by atoms with van der Waals surface area (Å²) in [7, 11) is 0. The normalized spacial score (nSPS) is 13.7. The van der Waals surface area contributed by atoms with E-state index in [1.807, 2.05) is 0 Å². The van der Waals surface area contributed by atoms with E-state index in [0.29, 0.717) is 5.56 Å². The van der Waals surface area contributed by atoms with E-state index in [0.717, 1.165) is 0 Å². The Kier molecular flexibility index (Phi) is 1.79. The van der Waals surface area contributed by atoms with E-state index in [9.17, 15) is 19.7 Å². The third kappa shape index (κ3) is 1.26. The third-order valence-electron chi connectivity index (χ3n) is 2.07. The summed E-state index contributed by atoms with van der Waals surface area (Å²) in [6, 6.07) is 2.63. The van der Waals surface area contributed by atoms with E-state index in [4.69, 9.17) is 0 Å². The third-order valence-corrected chi connectivity index (χ3v) is 2.07. The van der Waals surface area contributed by atoms with Gasteiger partial charge in [-0.3, -0.25) is 10.1 Å². The van der Waals surface area contributed by atoms with E-state index in [1.54, 1.807) is 6.92 Å². The number of benzene rings is 1. The van der Waals surface area contributed by atoms with Gasteiger partial charge in [0.1, 0.15) is 0 Å². The van der Waals surface area contributed by atoms with Crippen LogP contribution in [0.25, 0.3) is 0 Å². The molecule has 0 saturated heterocycles. The van der Waals surface area contributed by atoms with Crippen LogP contribution in [0.3, 0.4) is 0 Å². The van der Waals surface area contributed by atoms with Gasteiger partial charge in [-0.25, -0.2) is 9.59 Å². The second kappa shape index (κ2) is 2.88. The molecule has 0 spiro atoms. The maximum Gasteiger partial charge on any atom is 0.353 e. The predicted octanol–water partition coefficient (Wildman–Crippen LogP) is 1.21. The second-order valence-corrected chi connectivity index (χ2v) is 3.14. The lowest BCUT2D eigenvalue weighted by Crippen LogP contribution is -2.01. The molecule has 1 aliphatic heterocycles. The van der Waals surface area contributed by atoms with Gasteiger partial charge >= 0.3 is 11.9 Å². The number of hydrogen-bond donors (Lipinski definition) is 0. The van der Waals surface area contributed by atoms with E-state index < -0.39 is 16.9 Å². The molecule has 0 atom stereocenters. The van der Waals surface area contributed by atoms with Gasteiger partial charge in [0, 0.05) is 6.07 Å². The molecule has 0 unspecified atom stereocenters. The maximum absolute atomic E-state index is 11.2. The maximum atomic E-state index is 11.2. The lowest BCUT2D eigenvalue weighted by molar-refractivity contribution is -0.385. The highest BCUT2D eigenvalue weighted by molar-refractivity contribution is 6.16. The zero-order chi connectivity index (χ0) is 11.2. The number of carbonyl (C=O) groups excluding carboxylic acids is 2. The number of nitro groups is 1. The first-order valence-electron chi connectivity index (χ1n) is 4.06. The van der Waals surface area contributed by atoms with Crippen LogP contribution in [-0.4, -0.2) is 16.9 Å². The first kappa shape index (κ1) is 9.32. The van der Waals surface area contributed by atoms with Gasteiger partial charge in [0.2, 0.25) is 0 Å². The zero-order valence-electron chi connectivity index (χ0n) is 7.64. The number of nitrogens with zero attached hydrogens (tertiary/aromatic N) is 1. The molecule has 6 heteroatoms. The fraction of sp³-hybridized carbons (Fsp3) is 0.111. The van der Waals surface area contributed by atoms with Gasteiger partial charge in [-0.05, 0) is 18.6 Å². The summed E-state index contributed by atoms with van der Waals surface area (Å²) in [5.41, 5.74) is -0.143. The lowest BCUT2D eigenvalue weighted by Gasteiger charge is -1.97. The monoisotopic (exact) mass is 207 g/mol. The van der Waals surface area contributed by atoms with Gasteiger partial charge < -0.3 is 4.74 Å². The van der Waals surface area contributed by atoms with Crippen molar-refractivity contribution < 1.29 is 19.2 Å². The molecule has 15 heavy (non-hydrogen) atoms. The number of ether oxygens (including phenoxy) is 1. The van der Waals surface area contributed by atoms with Crippen molar-refractivity contribution in [2.75, 3.05) is 0 Å². The molecule has 1 aromatic carbocycles. The van der Waals surface area contributed by atoms with E-state index in [1.165, 1.54) is 12.1 Å². The quantitative estimate of drug-likeness (QED) is 0.299. The second-order valence-electron chi connectivity index (χ2n) is 3.14. The molecule has 0 fully saturated rings. The molecule has 2 rings (SSSR count). The van der Waals surface area contributed by atoms with Crippen LogP contribution in [-0.2, 0) is 4.74 Å². The van der Waals surface area contributed by atoms with Crippen molar-refractivity contribution in [2.45, 2.75) is 6.92 Å². The molecule has 1 heterocycles. The Morgan fingerprint density at radius 1 is 1.27 bits per heavy atom. The largest absolute Gasteiger partial charge is 0.385 e. The van der Waals surface area contributed by atoms with Crippen molar-refractivity contribution in [3.63, 3.8) is 0 Å². The minimum atomic E-state index is -0.957. The molecule has 0 amide bonds. The Bertz CT molecular complexity index is 505. The van der Waals surface area contributed by atoms with Gasteiger partial charge in [0.05, 0.1) is 10.5 Å². The average molecular weight is 207 g/mol. The van der Waals surface area contributed by atoms with Crippen molar-refractivity contribution >= 4 is 17.6 Å². The minimum Gasteiger partial charge on any atom is -0.385 e. The summed E-state index contributed by atoms with van der Waals surface area (Å²) >= 11 is 0. The molecule has 0 radical (unpaired) electrons. The number of carbonyl (C=O) groups is 2. The van der Waals surface area contributed by atoms with Crippen molar-refractivity contribution in [3.8, 4) is 0 Å². The van der Waals surface area contributed by atoms with E-state index in [2.05, 4.69) is 4.74 Å². The molecule has 0 bridgehead atoms. The Balaban J connectivity index is 2.79. The number of hydrogen-bond acceptors (Lipinski definition) is 5. The highest BCUT2D eigenvalue weighted by atomic mass is 16.6. The minimum absolute atomic E-state index is 0.0355. The summed E-state index contributed by atoms with van der Waals surface area (Å²) in [5.74, 6) is -1.79. The van der Waals surface area contributed by atoms with Crippen LogP contribution >= 0.6 is 0 Å². The van der Waals surface area contributed by atoms with Gasteiger partial charge in [-0.15, -0.1) is 0 Å². The molecular formula is C9H5NO5. The lowest BCUT2D eigenvalue weighted by atomic mass is 10.0. The van der Waals surface area contributed by atoms with E-state index in [-0.39, 0.29) is 16.8 Å². The summed E-state index contributed by atoms with van der Waals surface area (Å²) in [6.07, 6.45) is 0. The molecule has 76 valence electrons. The van der Waals surface area contributed by atoms with Crippen molar-refractivity contribution in [2.24, 2.45) is 0 Å². The van der Waals surface area contributed by atoms with Crippen molar-refractivity contribution in [3.05, 3.63) is 38.9 Å². The molecular weight excluding hydrogens is 202 g/mol. The van der Waals surface area contributed by atoms with Gasteiger partial charge in [-0.1, -0.05) is 0 Å². The van der Waals surface area contributed by atoms with Crippen LogP contribution in [0.5, 0.6) is 0 Å². The number of aryl methyl sites for hydroxylation is 1. The number of fused-ring (bicyclic) bond motifs is 1. The zero-order valence-corrected chi connectivity index (χ0v) is 7.64. The molecule has 1 aliphatic rings. The van der Waals surface area contributed by atoms with Crippen LogP contribution in [0.2, 0.25) is 0 Å². The highest BCUT2D eigenvalue weighted by Gasteiger charge is 2.37. The van der Waals surface area contributed by atoms with Gasteiger partial charge in [0.25, 0.3) is 5.69 Å². The van der Waals surface area contributed by atoms with Gasteiger partial charge in [-0.2, -0.15) is 0 Å². The molecule has 6 nitrogen and oxygen atoms in total. The fourth-order valence-electron chi connectivity index (χ4n) is 1.48. The van der Waals surface area contributed by atoms with Crippen LogP contribution < -0.4 is 0 Å². The standard InChI is InChI=1S/C9H5NO5/c1-4-2-5-7(6(3-4)10(13)14)9(12)15-8(5)11/h2-3H,1H3. The molecule has 0 aromatic heterocycles. The fourth-order valence-corrected chi connectivity index (χ4v) is 1.48. The summed E-state index contributed by atoms with van der Waals surface area (Å²) in [5, 5.41) is 10.7. The Morgan fingerprint density at radius 2 is 1.93 bits per heavy atom. The first-order valence-corrected chi connectivity index (χ1v) is 4.06. The number of rotatable bonds is 1. The van der Waals surface area contributed by atoms with Crippen LogP contribution in [0.4, 0.5) is 5.69 Å². The molecule has 0 saturated carbocycles. The number of esters is 2. The van der Waals surface area contributed by atoms with Gasteiger partial charge in [0.15, 0.2) is 5.56 Å². The number of cyclic esters (lactones) is 2. The first-order chi connectivity index (χ1) is 7.00. The topological polar surface area (TPSA) is 86.5 Å². The Labute approximate surface area is 83.6 Å². The predicted molar refractivity (Wildman–Crippen MR) is 47.6 cm³/mol. The SMILES string of the molecule is Cc1cc2c(c([N+](=O)[O-])c1)C(=O)OC2=O. The average Bonchev–Trinajstić information content (AvgIpc) is 2.41. The smallest absolute Gasteiger partial charge is 0.353 e. The summed E-state index contributed by atoms with van der Waals surface area (Å²) in [4.78, 5) is 32.3. The van der Waals surface area contributed by atoms with Crippen molar-refractivity contribution in [1.29, 1.82) is 0 Å². The van der Waals surface area contributed by atoms with Crippen LogP contribution in [0.15, 0.2) is 12.1 Å². The van der Waals surface area contributed by atoms with Crippen LogP contribution in [0.1, 0.15) is 26.3 Å². The summed E-state index contributed by atoms with van der Waals surface area (Å²) in [6.45, 7) is 1.60. The molecule has 1 aromatic rings. The van der Waals surface area contributed by atoms with Crippen LogP contribution in [0, 0.1) is 17.0 Å². The highest BCUT2D eigenvalue weighted by Crippen LogP contribution is 2.30. The molecule has 0 aliphatic carbocycles. The van der Waals surface area contributed by atoms with E-state index >= 15 is 0 Å². The Hall–Kier alpha value is -2.24. The Morgan fingerprint density at radius 3 is 2.53 bits per heavy atom. The van der Waals surface area contributed by atoms with Crippen molar-refractivity contribution in [1.82, 2.24) is 0 Å². The number of nitro benzene ring substituents is 1.